The first-order chi connectivity index (χ1) is 14.5. The SMILES string of the molecule is CCOC(=O)C1CC(NC(=O)OC(C)(C)C)(C(=O)OCC)CN1Cc1ccc(Cl)cc1. The van der Waals surface area contributed by atoms with Crippen LogP contribution in [0.5, 0.6) is 0 Å². The Morgan fingerprint density at radius 2 is 1.74 bits per heavy atom. The molecule has 2 atom stereocenters. The number of halogens is 1. The molecule has 0 saturated carbocycles. The molecule has 2 unspecified atom stereocenters. The third-order valence-corrected chi connectivity index (χ3v) is 4.97. The highest BCUT2D eigenvalue weighted by Gasteiger charge is 2.54. The van der Waals surface area contributed by atoms with Gasteiger partial charge in [0.2, 0.25) is 0 Å². The zero-order valence-electron chi connectivity index (χ0n) is 18.7. The van der Waals surface area contributed by atoms with Crippen LogP contribution in [0.3, 0.4) is 0 Å². The third kappa shape index (κ3) is 6.83. The van der Waals surface area contributed by atoms with Gasteiger partial charge in [-0.1, -0.05) is 23.7 Å². The molecule has 1 heterocycles. The van der Waals surface area contributed by atoms with Gasteiger partial charge in [0.1, 0.15) is 11.6 Å². The van der Waals surface area contributed by atoms with Crippen molar-refractivity contribution in [3.8, 4) is 0 Å². The van der Waals surface area contributed by atoms with E-state index in [1.807, 2.05) is 12.1 Å². The molecule has 0 bridgehead atoms. The fourth-order valence-corrected chi connectivity index (χ4v) is 3.63. The summed E-state index contributed by atoms with van der Waals surface area (Å²) in [6.07, 6.45) is -0.742. The normalized spacial score (nSPS) is 21.4. The fraction of sp³-hybridized carbons (Fsp3) is 0.591. The molecule has 1 saturated heterocycles. The molecule has 1 fully saturated rings. The minimum atomic E-state index is -1.44. The van der Waals surface area contributed by atoms with Crippen LogP contribution < -0.4 is 5.32 Å². The predicted octanol–water partition coefficient (Wildman–Crippen LogP) is 3.30. The fourth-order valence-electron chi connectivity index (χ4n) is 3.50. The quantitative estimate of drug-likeness (QED) is 0.499. The van der Waals surface area contributed by atoms with Crippen molar-refractivity contribution in [3.63, 3.8) is 0 Å². The van der Waals surface area contributed by atoms with Gasteiger partial charge in [-0.3, -0.25) is 9.69 Å². The maximum Gasteiger partial charge on any atom is 0.408 e. The summed E-state index contributed by atoms with van der Waals surface area (Å²) in [4.78, 5) is 40.0. The first kappa shape index (κ1) is 24.9. The van der Waals surface area contributed by atoms with E-state index < -0.39 is 35.2 Å². The molecular weight excluding hydrogens is 424 g/mol. The molecule has 0 radical (unpaired) electrons. The van der Waals surface area contributed by atoms with Gasteiger partial charge < -0.3 is 19.5 Å². The Hall–Kier alpha value is -2.32. The molecule has 1 amide bonds. The minimum Gasteiger partial charge on any atom is -0.465 e. The van der Waals surface area contributed by atoms with Gasteiger partial charge in [-0.05, 0) is 52.3 Å². The topological polar surface area (TPSA) is 94.2 Å². The molecule has 1 aliphatic rings. The molecule has 0 aliphatic carbocycles. The lowest BCUT2D eigenvalue weighted by molar-refractivity contribution is -0.150. The highest BCUT2D eigenvalue weighted by atomic mass is 35.5. The number of nitrogens with zero attached hydrogens (tertiary/aromatic N) is 1. The van der Waals surface area contributed by atoms with E-state index in [1.54, 1.807) is 51.7 Å². The van der Waals surface area contributed by atoms with Crippen LogP contribution in [0.25, 0.3) is 0 Å². The summed E-state index contributed by atoms with van der Waals surface area (Å²) in [5.41, 5.74) is -1.29. The van der Waals surface area contributed by atoms with Gasteiger partial charge >= 0.3 is 18.0 Å². The van der Waals surface area contributed by atoms with Gasteiger partial charge in [-0.2, -0.15) is 0 Å². The van der Waals surface area contributed by atoms with Crippen molar-refractivity contribution in [2.45, 2.75) is 64.8 Å². The van der Waals surface area contributed by atoms with E-state index in [0.717, 1.165) is 5.56 Å². The molecule has 1 aliphatic heterocycles. The molecule has 0 aromatic heterocycles. The molecular formula is C22H31ClN2O6. The Balaban J connectivity index is 2.35. The van der Waals surface area contributed by atoms with Gasteiger partial charge in [-0.15, -0.1) is 0 Å². The lowest BCUT2D eigenvalue weighted by Gasteiger charge is -2.29. The lowest BCUT2D eigenvalue weighted by atomic mass is 9.96. The molecule has 172 valence electrons. The number of hydrogen-bond acceptors (Lipinski definition) is 7. The summed E-state index contributed by atoms with van der Waals surface area (Å²) in [6, 6.07) is 6.45. The first-order valence-electron chi connectivity index (χ1n) is 10.3. The molecule has 1 aromatic rings. The van der Waals surface area contributed by atoms with Gasteiger partial charge in [0.05, 0.1) is 13.2 Å². The van der Waals surface area contributed by atoms with Gasteiger partial charge in [-0.25, -0.2) is 9.59 Å². The Labute approximate surface area is 188 Å². The highest BCUT2D eigenvalue weighted by Crippen LogP contribution is 2.32. The van der Waals surface area contributed by atoms with Crippen LogP contribution in [0, 0.1) is 0 Å². The van der Waals surface area contributed by atoms with Crippen molar-refractivity contribution < 1.29 is 28.6 Å². The second kappa shape index (κ2) is 10.3. The number of amides is 1. The molecule has 1 N–H and O–H groups in total. The Bertz CT molecular complexity index is 792. The highest BCUT2D eigenvalue weighted by molar-refractivity contribution is 6.30. The standard InChI is InChI=1S/C22H31ClN2O6/c1-6-29-18(26)17-12-22(19(27)30-7-2,24-20(28)31-21(3,4)5)14-25(17)13-15-8-10-16(23)11-9-15/h8-11,17H,6-7,12-14H2,1-5H3,(H,24,28). The minimum absolute atomic E-state index is 0.0114. The summed E-state index contributed by atoms with van der Waals surface area (Å²) in [5, 5.41) is 3.28. The maximum absolute atomic E-state index is 12.9. The smallest absolute Gasteiger partial charge is 0.408 e. The first-order valence-corrected chi connectivity index (χ1v) is 10.7. The van der Waals surface area contributed by atoms with E-state index in [4.69, 9.17) is 25.8 Å². The van der Waals surface area contributed by atoms with Gasteiger partial charge in [0, 0.05) is 24.5 Å². The number of benzene rings is 1. The second-order valence-electron chi connectivity index (χ2n) is 8.43. The summed E-state index contributed by atoms with van der Waals surface area (Å²) in [6.45, 7) is 9.35. The number of esters is 2. The van der Waals surface area contributed by atoms with Crippen molar-refractivity contribution in [2.75, 3.05) is 19.8 Å². The van der Waals surface area contributed by atoms with E-state index in [2.05, 4.69) is 5.32 Å². The lowest BCUT2D eigenvalue weighted by Crippen LogP contribution is -2.57. The van der Waals surface area contributed by atoms with Crippen molar-refractivity contribution in [1.29, 1.82) is 0 Å². The average Bonchev–Trinajstić information content (AvgIpc) is 3.02. The molecule has 8 nitrogen and oxygen atoms in total. The summed E-state index contributed by atoms with van der Waals surface area (Å²) in [7, 11) is 0. The Kier molecular flexibility index (Phi) is 8.31. The van der Waals surface area contributed by atoms with Crippen LogP contribution >= 0.6 is 11.6 Å². The van der Waals surface area contributed by atoms with E-state index in [0.29, 0.717) is 11.6 Å². The second-order valence-corrected chi connectivity index (χ2v) is 8.87. The van der Waals surface area contributed by atoms with Crippen LogP contribution in [-0.4, -0.2) is 59.9 Å². The van der Waals surface area contributed by atoms with Crippen molar-refractivity contribution in [2.24, 2.45) is 0 Å². The van der Waals surface area contributed by atoms with Gasteiger partial charge in [0.15, 0.2) is 5.54 Å². The largest absolute Gasteiger partial charge is 0.465 e. The number of ether oxygens (including phenoxy) is 3. The molecule has 2 rings (SSSR count). The zero-order valence-corrected chi connectivity index (χ0v) is 19.5. The summed E-state index contributed by atoms with van der Waals surface area (Å²) >= 11 is 5.97. The number of alkyl carbamates (subject to hydrolysis) is 1. The zero-order chi connectivity index (χ0) is 23.2. The molecule has 0 spiro atoms. The molecule has 31 heavy (non-hydrogen) atoms. The van der Waals surface area contributed by atoms with E-state index in [9.17, 15) is 14.4 Å². The monoisotopic (exact) mass is 454 g/mol. The molecule has 9 heteroatoms. The van der Waals surface area contributed by atoms with Crippen molar-refractivity contribution in [3.05, 3.63) is 34.9 Å². The van der Waals surface area contributed by atoms with Gasteiger partial charge in [0.25, 0.3) is 0 Å². The van der Waals surface area contributed by atoms with Crippen LogP contribution in [0.2, 0.25) is 5.02 Å². The van der Waals surface area contributed by atoms with Crippen LogP contribution in [0.4, 0.5) is 4.79 Å². The Morgan fingerprint density at radius 3 is 2.29 bits per heavy atom. The number of hydrogen-bond donors (Lipinski definition) is 1. The number of carbonyl (C=O) groups excluding carboxylic acids is 3. The molecule has 1 aromatic carbocycles. The van der Waals surface area contributed by atoms with Crippen LogP contribution in [0.1, 0.15) is 46.6 Å². The summed E-state index contributed by atoms with van der Waals surface area (Å²) < 4.78 is 15.8. The Morgan fingerprint density at radius 1 is 1.13 bits per heavy atom. The third-order valence-electron chi connectivity index (χ3n) is 4.72. The number of nitrogens with one attached hydrogen (secondary N) is 1. The van der Waals surface area contributed by atoms with E-state index >= 15 is 0 Å². The van der Waals surface area contributed by atoms with Crippen molar-refractivity contribution >= 4 is 29.6 Å². The maximum atomic E-state index is 12.9. The van der Waals surface area contributed by atoms with E-state index in [1.165, 1.54) is 0 Å². The summed E-state index contributed by atoms with van der Waals surface area (Å²) in [5.74, 6) is -1.08. The van der Waals surface area contributed by atoms with Crippen molar-refractivity contribution in [1.82, 2.24) is 10.2 Å². The predicted molar refractivity (Wildman–Crippen MR) is 116 cm³/mol. The van der Waals surface area contributed by atoms with Crippen LogP contribution in [0.15, 0.2) is 24.3 Å². The number of rotatable bonds is 7. The number of carbonyl (C=O) groups is 3. The van der Waals surface area contributed by atoms with E-state index in [-0.39, 0.29) is 26.2 Å². The van der Waals surface area contributed by atoms with Crippen LogP contribution in [-0.2, 0) is 30.3 Å². The number of likely N-dealkylation sites (tertiary alicyclic amines) is 1. The average molecular weight is 455 g/mol.